The molecule has 0 spiro atoms. The van der Waals surface area contributed by atoms with Crippen molar-refractivity contribution in [2.75, 3.05) is 5.32 Å². The summed E-state index contributed by atoms with van der Waals surface area (Å²) < 4.78 is 10.8. The fourth-order valence-electron chi connectivity index (χ4n) is 3.22. The number of amides is 1. The second-order valence-electron chi connectivity index (χ2n) is 7.00. The van der Waals surface area contributed by atoms with E-state index in [1.54, 1.807) is 6.07 Å². The number of hydrogen-bond acceptors (Lipinski definition) is 5. The minimum Gasteiger partial charge on any atom is -0.481 e. The molecule has 4 atom stereocenters. The lowest BCUT2D eigenvalue weighted by molar-refractivity contribution is -0.147. The number of carboxylic acids is 1. The molecule has 2 saturated heterocycles. The average molecular weight is 308 g/mol. The van der Waals surface area contributed by atoms with Gasteiger partial charge in [0.15, 0.2) is 5.82 Å². The van der Waals surface area contributed by atoms with Crippen LogP contribution >= 0.6 is 0 Å². The SMILES string of the molecule is CC(C)(C)c1cc(NC(=O)C2C3CCC(O3)C2C(=O)O)no1. The van der Waals surface area contributed by atoms with Crippen molar-refractivity contribution in [1.82, 2.24) is 5.16 Å². The number of hydrogen-bond donors (Lipinski definition) is 2. The summed E-state index contributed by atoms with van der Waals surface area (Å²) in [5, 5.41) is 15.8. The molecule has 4 unspecified atom stereocenters. The lowest BCUT2D eigenvalue weighted by atomic mass is 9.79. The summed E-state index contributed by atoms with van der Waals surface area (Å²) in [7, 11) is 0. The Morgan fingerprint density at radius 2 is 1.91 bits per heavy atom. The second-order valence-corrected chi connectivity index (χ2v) is 7.00. The van der Waals surface area contributed by atoms with Crippen LogP contribution in [0.1, 0.15) is 39.4 Å². The number of carbonyl (C=O) groups excluding carboxylic acids is 1. The third-order valence-corrected chi connectivity index (χ3v) is 4.36. The standard InChI is InChI=1S/C15H20N2O5/c1-15(2,3)9-6-10(17-22-9)16-13(18)11-7-4-5-8(21-7)12(11)14(19)20/h6-8,11-12H,4-5H2,1-3H3,(H,19,20)(H,16,17,18). The molecule has 7 nitrogen and oxygen atoms in total. The van der Waals surface area contributed by atoms with Crippen LogP contribution < -0.4 is 5.32 Å². The molecule has 2 bridgehead atoms. The van der Waals surface area contributed by atoms with Gasteiger partial charge in [0.2, 0.25) is 5.91 Å². The highest BCUT2D eigenvalue weighted by Gasteiger charge is 2.55. The van der Waals surface area contributed by atoms with Crippen molar-refractivity contribution < 1.29 is 24.0 Å². The number of ether oxygens (including phenoxy) is 1. The largest absolute Gasteiger partial charge is 0.481 e. The normalized spacial score (nSPS) is 30.5. The third-order valence-electron chi connectivity index (χ3n) is 4.36. The molecule has 3 heterocycles. The van der Waals surface area contributed by atoms with E-state index in [-0.39, 0.29) is 23.5 Å². The quantitative estimate of drug-likeness (QED) is 0.882. The summed E-state index contributed by atoms with van der Waals surface area (Å²) in [6.45, 7) is 5.93. The molecular weight excluding hydrogens is 288 g/mol. The van der Waals surface area contributed by atoms with Crippen LogP contribution in [0.25, 0.3) is 0 Å². The lowest BCUT2D eigenvalue weighted by Crippen LogP contribution is -2.41. The van der Waals surface area contributed by atoms with Gasteiger partial charge in [0, 0.05) is 11.5 Å². The minimum atomic E-state index is -0.983. The molecule has 0 radical (unpaired) electrons. The molecule has 2 aliphatic heterocycles. The van der Waals surface area contributed by atoms with Gasteiger partial charge < -0.3 is 19.7 Å². The summed E-state index contributed by atoms with van der Waals surface area (Å²) in [5.74, 6) is -1.85. The molecule has 2 aliphatic rings. The highest BCUT2D eigenvalue weighted by molar-refractivity contribution is 5.95. The molecule has 1 aromatic heterocycles. The van der Waals surface area contributed by atoms with Crippen LogP contribution in [0, 0.1) is 11.8 Å². The summed E-state index contributed by atoms with van der Waals surface area (Å²) in [6.07, 6.45) is 0.739. The molecule has 3 rings (SSSR count). The number of aromatic nitrogens is 1. The molecule has 120 valence electrons. The van der Waals surface area contributed by atoms with E-state index < -0.39 is 17.8 Å². The Hall–Kier alpha value is -1.89. The van der Waals surface area contributed by atoms with E-state index in [9.17, 15) is 14.7 Å². The predicted molar refractivity (Wildman–Crippen MR) is 76.3 cm³/mol. The van der Waals surface area contributed by atoms with Crippen molar-refractivity contribution in [2.24, 2.45) is 11.8 Å². The van der Waals surface area contributed by atoms with Crippen LogP contribution in [0.5, 0.6) is 0 Å². The Morgan fingerprint density at radius 1 is 1.27 bits per heavy atom. The van der Waals surface area contributed by atoms with Gasteiger partial charge in [0.05, 0.1) is 24.0 Å². The highest BCUT2D eigenvalue weighted by atomic mass is 16.5. The predicted octanol–water partition coefficient (Wildman–Crippen LogP) is 1.79. The number of nitrogens with one attached hydrogen (secondary N) is 1. The van der Waals surface area contributed by atoms with Gasteiger partial charge in [-0.05, 0) is 12.8 Å². The number of carboxylic acid groups (broad SMARTS) is 1. The molecule has 2 fully saturated rings. The number of fused-ring (bicyclic) bond motifs is 2. The highest BCUT2D eigenvalue weighted by Crippen LogP contribution is 2.44. The van der Waals surface area contributed by atoms with Crippen LogP contribution in [0.4, 0.5) is 5.82 Å². The molecule has 0 aliphatic carbocycles. The van der Waals surface area contributed by atoms with Crippen LogP contribution in [0.3, 0.4) is 0 Å². The van der Waals surface area contributed by atoms with Crippen molar-refractivity contribution in [3.05, 3.63) is 11.8 Å². The van der Waals surface area contributed by atoms with Gasteiger partial charge >= 0.3 is 5.97 Å². The summed E-state index contributed by atoms with van der Waals surface area (Å²) >= 11 is 0. The number of rotatable bonds is 3. The number of nitrogens with zero attached hydrogens (tertiary/aromatic N) is 1. The zero-order chi connectivity index (χ0) is 16.1. The van der Waals surface area contributed by atoms with E-state index in [0.717, 1.165) is 6.42 Å². The van der Waals surface area contributed by atoms with Gasteiger partial charge in [0.1, 0.15) is 5.76 Å². The van der Waals surface area contributed by atoms with Gasteiger partial charge in [-0.2, -0.15) is 0 Å². The van der Waals surface area contributed by atoms with E-state index >= 15 is 0 Å². The van der Waals surface area contributed by atoms with Crippen molar-refractivity contribution >= 4 is 17.7 Å². The summed E-state index contributed by atoms with van der Waals surface area (Å²) in [6, 6.07) is 1.67. The Balaban J connectivity index is 1.74. The van der Waals surface area contributed by atoms with Crippen LogP contribution in [0.15, 0.2) is 10.6 Å². The molecule has 22 heavy (non-hydrogen) atoms. The van der Waals surface area contributed by atoms with Crippen molar-refractivity contribution in [1.29, 1.82) is 0 Å². The second kappa shape index (κ2) is 5.08. The van der Waals surface area contributed by atoms with Gasteiger partial charge in [-0.15, -0.1) is 0 Å². The summed E-state index contributed by atoms with van der Waals surface area (Å²) in [4.78, 5) is 23.8. The van der Waals surface area contributed by atoms with Crippen LogP contribution in [0.2, 0.25) is 0 Å². The number of carbonyl (C=O) groups is 2. The maximum atomic E-state index is 12.4. The first-order valence-corrected chi connectivity index (χ1v) is 7.43. The Bertz CT molecular complexity index is 603. The van der Waals surface area contributed by atoms with Crippen molar-refractivity contribution in [2.45, 2.75) is 51.2 Å². The molecule has 2 N–H and O–H groups in total. The fourth-order valence-corrected chi connectivity index (χ4v) is 3.22. The maximum absolute atomic E-state index is 12.4. The Kier molecular flexibility index (Phi) is 3.47. The average Bonchev–Trinajstić information content (AvgIpc) is 3.11. The monoisotopic (exact) mass is 308 g/mol. The van der Waals surface area contributed by atoms with Crippen molar-refractivity contribution in [3.8, 4) is 0 Å². The smallest absolute Gasteiger partial charge is 0.310 e. The van der Waals surface area contributed by atoms with Gasteiger partial charge in [0.25, 0.3) is 0 Å². The van der Waals surface area contributed by atoms with E-state index in [1.807, 2.05) is 20.8 Å². The molecule has 1 aromatic rings. The van der Waals surface area contributed by atoms with Crippen molar-refractivity contribution in [3.63, 3.8) is 0 Å². The third kappa shape index (κ3) is 2.49. The van der Waals surface area contributed by atoms with Gasteiger partial charge in [-0.3, -0.25) is 9.59 Å². The molecule has 0 aromatic carbocycles. The van der Waals surface area contributed by atoms with Crippen LogP contribution in [-0.4, -0.2) is 34.3 Å². The van der Waals surface area contributed by atoms with E-state index in [2.05, 4.69) is 10.5 Å². The lowest BCUT2D eigenvalue weighted by Gasteiger charge is -2.23. The van der Waals surface area contributed by atoms with Gasteiger partial charge in [-0.1, -0.05) is 25.9 Å². The molecule has 7 heteroatoms. The Morgan fingerprint density at radius 3 is 2.45 bits per heavy atom. The number of anilines is 1. The first kappa shape index (κ1) is 15.0. The summed E-state index contributed by atoms with van der Waals surface area (Å²) in [5.41, 5.74) is -0.213. The zero-order valence-electron chi connectivity index (χ0n) is 12.8. The molecule has 1 amide bonds. The minimum absolute atomic E-state index is 0.213. The molecule has 0 saturated carbocycles. The molecular formula is C15H20N2O5. The van der Waals surface area contributed by atoms with Gasteiger partial charge in [-0.25, -0.2) is 0 Å². The van der Waals surface area contributed by atoms with E-state index in [1.165, 1.54) is 0 Å². The maximum Gasteiger partial charge on any atom is 0.310 e. The van der Waals surface area contributed by atoms with E-state index in [4.69, 9.17) is 9.26 Å². The van der Waals surface area contributed by atoms with E-state index in [0.29, 0.717) is 18.0 Å². The topological polar surface area (TPSA) is 102 Å². The zero-order valence-corrected chi connectivity index (χ0v) is 12.8. The Labute approximate surface area is 128 Å². The number of aliphatic carboxylic acids is 1. The first-order valence-electron chi connectivity index (χ1n) is 7.43. The fraction of sp³-hybridized carbons (Fsp3) is 0.667. The first-order chi connectivity index (χ1) is 10.3. The van der Waals surface area contributed by atoms with Crippen LogP contribution in [-0.2, 0) is 19.7 Å².